The van der Waals surface area contributed by atoms with E-state index < -0.39 is 5.82 Å². The van der Waals surface area contributed by atoms with Crippen LogP contribution in [0.3, 0.4) is 0 Å². The highest BCUT2D eigenvalue weighted by molar-refractivity contribution is 6.30. The second-order valence-electron chi connectivity index (χ2n) is 3.34. The average Bonchev–Trinajstić information content (AvgIpc) is 2.51. The van der Waals surface area contributed by atoms with Crippen LogP contribution in [0.2, 0.25) is 5.02 Å². The number of aromatic amines is 1. The molecule has 0 fully saturated rings. The number of halogens is 2. The highest BCUT2D eigenvalue weighted by Gasteiger charge is 2.06. The van der Waals surface area contributed by atoms with Crippen LogP contribution < -0.4 is 11.1 Å². The Morgan fingerprint density at radius 2 is 2.25 bits per heavy atom. The van der Waals surface area contributed by atoms with Crippen LogP contribution in [0.25, 0.3) is 0 Å². The number of rotatable bonds is 2. The standard InChI is InChI=1S/C10H10ClFN4/c1-5-14-9(13)10(15-5)16-6-2-3-7(11)8(12)4-6/h2-4,16H,13H2,1H3,(H,14,15). The van der Waals surface area contributed by atoms with Gasteiger partial charge in [0.2, 0.25) is 0 Å². The lowest BCUT2D eigenvalue weighted by Crippen LogP contribution is -1.95. The fourth-order valence-corrected chi connectivity index (χ4v) is 1.43. The van der Waals surface area contributed by atoms with Crippen molar-refractivity contribution >= 4 is 28.9 Å². The Balaban J connectivity index is 2.27. The van der Waals surface area contributed by atoms with E-state index in [4.69, 9.17) is 17.3 Å². The van der Waals surface area contributed by atoms with E-state index in [1.807, 2.05) is 0 Å². The molecule has 0 amide bonds. The van der Waals surface area contributed by atoms with E-state index in [9.17, 15) is 4.39 Å². The third-order valence-corrected chi connectivity index (χ3v) is 2.34. The molecule has 84 valence electrons. The summed E-state index contributed by atoms with van der Waals surface area (Å²) in [6.07, 6.45) is 0. The number of hydrogen-bond acceptors (Lipinski definition) is 3. The molecule has 0 unspecified atom stereocenters. The molecular weight excluding hydrogens is 231 g/mol. The zero-order valence-corrected chi connectivity index (χ0v) is 9.27. The van der Waals surface area contributed by atoms with Crippen LogP contribution in [0.4, 0.5) is 21.7 Å². The number of nitrogens with zero attached hydrogens (tertiary/aromatic N) is 1. The van der Waals surface area contributed by atoms with Crippen molar-refractivity contribution in [3.8, 4) is 0 Å². The number of benzene rings is 1. The smallest absolute Gasteiger partial charge is 0.173 e. The molecule has 1 heterocycles. The van der Waals surface area contributed by atoms with E-state index in [2.05, 4.69) is 15.3 Å². The van der Waals surface area contributed by atoms with E-state index in [1.165, 1.54) is 12.1 Å². The fourth-order valence-electron chi connectivity index (χ4n) is 1.32. The minimum Gasteiger partial charge on any atom is -0.382 e. The summed E-state index contributed by atoms with van der Waals surface area (Å²) in [6.45, 7) is 1.78. The van der Waals surface area contributed by atoms with Gasteiger partial charge in [-0.15, -0.1) is 0 Å². The maximum atomic E-state index is 13.2. The van der Waals surface area contributed by atoms with E-state index in [0.29, 0.717) is 23.1 Å². The van der Waals surface area contributed by atoms with Gasteiger partial charge in [-0.05, 0) is 25.1 Å². The van der Waals surface area contributed by atoms with E-state index in [1.54, 1.807) is 13.0 Å². The Hall–Kier alpha value is -1.75. The highest BCUT2D eigenvalue weighted by atomic mass is 35.5. The number of nitrogens with two attached hydrogens (primary N) is 1. The summed E-state index contributed by atoms with van der Waals surface area (Å²) >= 11 is 5.57. The van der Waals surface area contributed by atoms with Crippen molar-refractivity contribution in [2.45, 2.75) is 6.92 Å². The number of nitrogen functional groups attached to an aromatic ring is 1. The van der Waals surface area contributed by atoms with Gasteiger partial charge in [-0.1, -0.05) is 11.6 Å². The molecule has 0 aliphatic carbocycles. The molecule has 0 saturated heterocycles. The molecule has 2 rings (SSSR count). The first kappa shape index (κ1) is 10.8. The molecular formula is C10H10ClFN4. The third-order valence-electron chi connectivity index (χ3n) is 2.03. The Morgan fingerprint density at radius 3 is 2.81 bits per heavy atom. The van der Waals surface area contributed by atoms with Gasteiger partial charge in [-0.25, -0.2) is 9.37 Å². The first-order valence-corrected chi connectivity index (χ1v) is 4.98. The predicted molar refractivity (Wildman–Crippen MR) is 62.4 cm³/mol. The summed E-state index contributed by atoms with van der Waals surface area (Å²) in [7, 11) is 0. The maximum absolute atomic E-state index is 13.2. The number of H-pyrrole nitrogens is 1. The van der Waals surface area contributed by atoms with Crippen LogP contribution in [-0.2, 0) is 0 Å². The van der Waals surface area contributed by atoms with Gasteiger partial charge in [0, 0.05) is 5.69 Å². The topological polar surface area (TPSA) is 66.7 Å². The molecule has 2 aromatic rings. The number of aromatic nitrogens is 2. The van der Waals surface area contributed by atoms with Crippen LogP contribution in [0, 0.1) is 12.7 Å². The van der Waals surface area contributed by atoms with Crippen LogP contribution in [0.1, 0.15) is 5.82 Å². The molecule has 0 aliphatic heterocycles. The van der Waals surface area contributed by atoms with Crippen molar-refractivity contribution in [1.29, 1.82) is 0 Å². The molecule has 4 nitrogen and oxygen atoms in total. The first-order chi connectivity index (χ1) is 7.56. The lowest BCUT2D eigenvalue weighted by Gasteiger charge is -2.04. The Kier molecular flexibility index (Phi) is 2.70. The molecule has 0 atom stereocenters. The summed E-state index contributed by atoms with van der Waals surface area (Å²) in [4.78, 5) is 6.95. The molecule has 1 aromatic carbocycles. The number of hydrogen-bond donors (Lipinski definition) is 3. The van der Waals surface area contributed by atoms with Crippen molar-refractivity contribution in [1.82, 2.24) is 9.97 Å². The summed E-state index contributed by atoms with van der Waals surface area (Å²) in [5.74, 6) is 1.08. The summed E-state index contributed by atoms with van der Waals surface area (Å²) in [6, 6.07) is 4.40. The van der Waals surface area contributed by atoms with E-state index in [-0.39, 0.29) is 5.02 Å². The minimum atomic E-state index is -0.488. The van der Waals surface area contributed by atoms with Gasteiger partial charge < -0.3 is 16.0 Å². The summed E-state index contributed by atoms with van der Waals surface area (Å²) in [5, 5.41) is 2.98. The maximum Gasteiger partial charge on any atom is 0.173 e. The predicted octanol–water partition coefficient (Wildman–Crippen LogP) is 2.84. The van der Waals surface area contributed by atoms with E-state index in [0.717, 1.165) is 0 Å². The lowest BCUT2D eigenvalue weighted by atomic mass is 10.3. The number of anilines is 3. The van der Waals surface area contributed by atoms with Crippen molar-refractivity contribution in [3.63, 3.8) is 0 Å². The van der Waals surface area contributed by atoms with Crippen molar-refractivity contribution in [2.75, 3.05) is 11.1 Å². The largest absolute Gasteiger partial charge is 0.382 e. The van der Waals surface area contributed by atoms with E-state index >= 15 is 0 Å². The molecule has 4 N–H and O–H groups in total. The monoisotopic (exact) mass is 240 g/mol. The minimum absolute atomic E-state index is 0.0803. The van der Waals surface area contributed by atoms with Gasteiger partial charge >= 0.3 is 0 Å². The molecule has 0 aliphatic rings. The van der Waals surface area contributed by atoms with Gasteiger partial charge in [0.25, 0.3) is 0 Å². The lowest BCUT2D eigenvalue weighted by molar-refractivity contribution is 0.629. The van der Waals surface area contributed by atoms with Crippen molar-refractivity contribution in [2.24, 2.45) is 0 Å². The van der Waals surface area contributed by atoms with Crippen LogP contribution in [-0.4, -0.2) is 9.97 Å². The van der Waals surface area contributed by atoms with Crippen molar-refractivity contribution < 1.29 is 4.39 Å². The molecule has 0 radical (unpaired) electrons. The zero-order chi connectivity index (χ0) is 11.7. The Morgan fingerprint density at radius 1 is 1.50 bits per heavy atom. The zero-order valence-electron chi connectivity index (χ0n) is 8.51. The molecule has 0 spiro atoms. The Bertz CT molecular complexity index is 524. The van der Waals surface area contributed by atoms with Crippen LogP contribution in [0.15, 0.2) is 18.2 Å². The number of nitrogens with one attached hydrogen (secondary N) is 2. The van der Waals surface area contributed by atoms with Crippen LogP contribution >= 0.6 is 11.6 Å². The number of aryl methyl sites for hydroxylation is 1. The average molecular weight is 241 g/mol. The molecule has 1 aromatic heterocycles. The van der Waals surface area contributed by atoms with Gasteiger partial charge in [0.05, 0.1) is 5.02 Å². The first-order valence-electron chi connectivity index (χ1n) is 4.60. The van der Waals surface area contributed by atoms with Gasteiger partial charge in [0.15, 0.2) is 5.82 Å². The highest BCUT2D eigenvalue weighted by Crippen LogP contribution is 2.23. The summed E-state index contributed by atoms with van der Waals surface area (Å²) in [5.41, 5.74) is 6.20. The second kappa shape index (κ2) is 4.02. The molecule has 0 saturated carbocycles. The van der Waals surface area contributed by atoms with Crippen molar-refractivity contribution in [3.05, 3.63) is 34.9 Å². The molecule has 16 heavy (non-hydrogen) atoms. The fraction of sp³-hybridized carbons (Fsp3) is 0.100. The van der Waals surface area contributed by atoms with Gasteiger partial charge in [0.1, 0.15) is 17.5 Å². The normalized spacial score (nSPS) is 10.4. The second-order valence-corrected chi connectivity index (χ2v) is 3.75. The molecule has 6 heteroatoms. The van der Waals surface area contributed by atoms with Gasteiger partial charge in [-0.2, -0.15) is 0 Å². The quantitative estimate of drug-likeness (QED) is 0.756. The van der Waals surface area contributed by atoms with Crippen LogP contribution in [0.5, 0.6) is 0 Å². The SMILES string of the molecule is Cc1nc(Nc2ccc(Cl)c(F)c2)c(N)[nH]1. The number of imidazole rings is 1. The summed E-state index contributed by atoms with van der Waals surface area (Å²) < 4.78 is 13.2. The molecule has 0 bridgehead atoms. The Labute approximate surface area is 96.6 Å². The third kappa shape index (κ3) is 2.09. The van der Waals surface area contributed by atoms with Gasteiger partial charge in [-0.3, -0.25) is 0 Å².